The predicted molar refractivity (Wildman–Crippen MR) is 56.6 cm³/mol. The van der Waals surface area contributed by atoms with E-state index in [2.05, 4.69) is 20.0 Å². The number of carboxylic acids is 1. The normalized spacial score (nSPS) is 14.4. The van der Waals surface area contributed by atoms with E-state index in [1.807, 2.05) is 0 Å². The van der Waals surface area contributed by atoms with Gasteiger partial charge in [0, 0.05) is 13.0 Å². The van der Waals surface area contributed by atoms with Crippen molar-refractivity contribution in [2.24, 2.45) is 0 Å². The Morgan fingerprint density at radius 3 is 2.55 bits per heavy atom. The third-order valence-electron chi connectivity index (χ3n) is 2.39. The van der Waals surface area contributed by atoms with Crippen molar-refractivity contribution in [3.63, 3.8) is 0 Å². The van der Waals surface area contributed by atoms with Crippen LogP contribution in [0, 0.1) is 0 Å². The molecule has 1 unspecified atom stereocenters. The summed E-state index contributed by atoms with van der Waals surface area (Å²) >= 11 is 0. The maximum Gasteiger partial charge on any atom is 0.422 e. The van der Waals surface area contributed by atoms with Crippen LogP contribution in [-0.2, 0) is 11.2 Å². The summed E-state index contributed by atoms with van der Waals surface area (Å²) in [6, 6.07) is -1.27. The lowest BCUT2D eigenvalue weighted by Gasteiger charge is -2.28. The Kier molecular flexibility index (Phi) is 4.53. The van der Waals surface area contributed by atoms with Gasteiger partial charge in [-0.05, 0) is 6.92 Å². The van der Waals surface area contributed by atoms with E-state index in [0.29, 0.717) is 6.92 Å². The Hall–Kier alpha value is -2.33. The van der Waals surface area contributed by atoms with Crippen molar-refractivity contribution in [2.75, 3.05) is 6.54 Å². The number of alkyl halides is 3. The molecule has 20 heavy (non-hydrogen) atoms. The maximum absolute atomic E-state index is 12.6. The molecule has 0 bridgehead atoms. The SMILES string of the molecule is CC(NC(=O)NCCc1ncno1)(C(=O)O)C(F)(F)F. The van der Waals surface area contributed by atoms with Gasteiger partial charge in [0.05, 0.1) is 0 Å². The molecule has 0 aromatic carbocycles. The van der Waals surface area contributed by atoms with Gasteiger partial charge in [-0.15, -0.1) is 0 Å². The summed E-state index contributed by atoms with van der Waals surface area (Å²) in [4.78, 5) is 25.6. The summed E-state index contributed by atoms with van der Waals surface area (Å²) in [6.07, 6.45) is -3.91. The fourth-order valence-corrected chi connectivity index (χ4v) is 1.11. The first-order valence-electron chi connectivity index (χ1n) is 5.28. The van der Waals surface area contributed by atoms with Crippen molar-refractivity contribution in [3.05, 3.63) is 12.2 Å². The number of hydrogen-bond donors (Lipinski definition) is 3. The first-order valence-corrected chi connectivity index (χ1v) is 5.28. The van der Waals surface area contributed by atoms with E-state index in [-0.39, 0.29) is 18.9 Å². The monoisotopic (exact) mass is 296 g/mol. The van der Waals surface area contributed by atoms with Gasteiger partial charge in [-0.1, -0.05) is 5.16 Å². The summed E-state index contributed by atoms with van der Waals surface area (Å²) in [7, 11) is 0. The van der Waals surface area contributed by atoms with Crippen molar-refractivity contribution in [1.29, 1.82) is 0 Å². The van der Waals surface area contributed by atoms with Crippen LogP contribution in [0.3, 0.4) is 0 Å². The number of urea groups is 1. The van der Waals surface area contributed by atoms with Gasteiger partial charge >= 0.3 is 18.2 Å². The third kappa shape index (κ3) is 3.59. The Bertz CT molecular complexity index is 476. The number of carbonyl (C=O) groups excluding carboxylic acids is 1. The van der Waals surface area contributed by atoms with Crippen molar-refractivity contribution in [3.8, 4) is 0 Å². The molecule has 0 aliphatic carbocycles. The van der Waals surface area contributed by atoms with Crippen LogP contribution in [-0.4, -0.2) is 45.5 Å². The number of aliphatic carboxylic acids is 1. The number of nitrogens with zero attached hydrogens (tertiary/aromatic N) is 2. The maximum atomic E-state index is 12.6. The molecular formula is C9H11F3N4O4. The fraction of sp³-hybridized carbons (Fsp3) is 0.556. The summed E-state index contributed by atoms with van der Waals surface area (Å²) in [5, 5.41) is 15.3. The minimum atomic E-state index is -5.14. The van der Waals surface area contributed by atoms with E-state index < -0.39 is 23.7 Å². The largest absolute Gasteiger partial charge is 0.479 e. The number of hydrogen-bond acceptors (Lipinski definition) is 5. The minimum absolute atomic E-state index is 0.0957. The Morgan fingerprint density at radius 2 is 2.10 bits per heavy atom. The number of carboxylic acid groups (broad SMARTS) is 1. The van der Waals surface area contributed by atoms with Gasteiger partial charge in [0.2, 0.25) is 11.4 Å². The highest BCUT2D eigenvalue weighted by Crippen LogP contribution is 2.30. The highest BCUT2D eigenvalue weighted by Gasteiger charge is 2.58. The molecule has 3 N–H and O–H groups in total. The average molecular weight is 296 g/mol. The molecule has 0 radical (unpaired) electrons. The summed E-state index contributed by atoms with van der Waals surface area (Å²) in [5.41, 5.74) is -3.37. The number of rotatable bonds is 5. The van der Waals surface area contributed by atoms with Gasteiger partial charge in [0.25, 0.3) is 0 Å². The Balaban J connectivity index is 2.53. The lowest BCUT2D eigenvalue weighted by Crippen LogP contribution is -2.63. The smallest absolute Gasteiger partial charge is 0.422 e. The molecule has 112 valence electrons. The molecule has 0 saturated heterocycles. The summed E-state index contributed by atoms with van der Waals surface area (Å²) in [5.74, 6) is -2.03. The average Bonchev–Trinajstić information content (AvgIpc) is 2.80. The van der Waals surface area contributed by atoms with Crippen molar-refractivity contribution in [2.45, 2.75) is 25.1 Å². The number of halogens is 3. The van der Waals surface area contributed by atoms with Gasteiger partial charge in [0.1, 0.15) is 0 Å². The van der Waals surface area contributed by atoms with Crippen LogP contribution in [0.25, 0.3) is 0 Å². The molecule has 0 aliphatic heterocycles. The topological polar surface area (TPSA) is 117 Å². The second kappa shape index (κ2) is 5.75. The predicted octanol–water partition coefficient (Wildman–Crippen LogP) is 0.317. The lowest BCUT2D eigenvalue weighted by atomic mass is 10.0. The third-order valence-corrected chi connectivity index (χ3v) is 2.39. The van der Waals surface area contributed by atoms with Gasteiger partial charge in [-0.25, -0.2) is 9.59 Å². The number of amides is 2. The minimum Gasteiger partial charge on any atom is -0.479 e. The molecule has 1 atom stereocenters. The van der Waals surface area contributed by atoms with Crippen LogP contribution in [0.15, 0.2) is 10.9 Å². The Labute approximate surface area is 110 Å². The number of carbonyl (C=O) groups is 2. The molecule has 0 spiro atoms. The van der Waals surface area contributed by atoms with Crippen LogP contribution < -0.4 is 10.6 Å². The van der Waals surface area contributed by atoms with Crippen LogP contribution in [0.2, 0.25) is 0 Å². The molecule has 1 aromatic rings. The van der Waals surface area contributed by atoms with Gasteiger partial charge in [-0.3, -0.25) is 0 Å². The van der Waals surface area contributed by atoms with Crippen LogP contribution in [0.1, 0.15) is 12.8 Å². The fourth-order valence-electron chi connectivity index (χ4n) is 1.11. The van der Waals surface area contributed by atoms with Crippen molar-refractivity contribution >= 4 is 12.0 Å². The second-order valence-corrected chi connectivity index (χ2v) is 3.89. The molecule has 8 nitrogen and oxygen atoms in total. The van der Waals surface area contributed by atoms with Crippen LogP contribution in [0.4, 0.5) is 18.0 Å². The zero-order chi connectivity index (χ0) is 15.4. The molecule has 1 aromatic heterocycles. The van der Waals surface area contributed by atoms with E-state index in [9.17, 15) is 22.8 Å². The highest BCUT2D eigenvalue weighted by atomic mass is 19.4. The summed E-state index contributed by atoms with van der Waals surface area (Å²) < 4.78 is 42.4. The molecule has 1 rings (SSSR count). The quantitative estimate of drug-likeness (QED) is 0.720. The Morgan fingerprint density at radius 1 is 1.45 bits per heavy atom. The van der Waals surface area contributed by atoms with Crippen molar-refractivity contribution < 1.29 is 32.4 Å². The van der Waals surface area contributed by atoms with E-state index in [0.717, 1.165) is 6.33 Å². The molecule has 0 saturated carbocycles. The number of nitrogens with one attached hydrogen (secondary N) is 2. The van der Waals surface area contributed by atoms with E-state index in [4.69, 9.17) is 5.11 Å². The molecule has 1 heterocycles. The van der Waals surface area contributed by atoms with E-state index in [1.54, 1.807) is 0 Å². The zero-order valence-corrected chi connectivity index (χ0v) is 10.2. The zero-order valence-electron chi connectivity index (χ0n) is 10.2. The standard InChI is InChI=1S/C9H11F3N4O4/c1-8(6(17)18,9(10,11)12)16-7(19)13-3-2-5-14-4-15-20-5/h4H,2-3H2,1H3,(H,17,18)(H2,13,16,19). The molecule has 0 fully saturated rings. The van der Waals surface area contributed by atoms with E-state index in [1.165, 1.54) is 5.32 Å². The van der Waals surface area contributed by atoms with Crippen molar-refractivity contribution in [1.82, 2.24) is 20.8 Å². The summed E-state index contributed by atoms with van der Waals surface area (Å²) in [6.45, 7) is 0.258. The number of aromatic nitrogens is 2. The molecule has 0 aliphatic rings. The lowest BCUT2D eigenvalue weighted by molar-refractivity contribution is -0.203. The van der Waals surface area contributed by atoms with Crippen LogP contribution >= 0.6 is 0 Å². The molecule has 2 amide bonds. The van der Waals surface area contributed by atoms with Gasteiger partial charge in [0.15, 0.2) is 6.33 Å². The molecular weight excluding hydrogens is 285 g/mol. The molecule has 11 heteroatoms. The van der Waals surface area contributed by atoms with Gasteiger partial charge in [-0.2, -0.15) is 18.2 Å². The van der Waals surface area contributed by atoms with Gasteiger partial charge < -0.3 is 20.3 Å². The van der Waals surface area contributed by atoms with E-state index >= 15 is 0 Å². The van der Waals surface area contributed by atoms with Crippen LogP contribution in [0.5, 0.6) is 0 Å². The highest BCUT2D eigenvalue weighted by molar-refractivity contribution is 5.86. The first-order chi connectivity index (χ1) is 9.17. The second-order valence-electron chi connectivity index (χ2n) is 3.89. The first kappa shape index (κ1) is 15.7.